The first-order valence-electron chi connectivity index (χ1n) is 15.8. The van der Waals surface area contributed by atoms with Crippen LogP contribution in [-0.4, -0.2) is 0 Å². The summed E-state index contributed by atoms with van der Waals surface area (Å²) in [5, 5.41) is 0. The molecule has 204 valence electrons. The van der Waals surface area contributed by atoms with Gasteiger partial charge in [-0.05, 0) is 115 Å². The van der Waals surface area contributed by atoms with E-state index in [9.17, 15) is 0 Å². The largest absolute Gasteiger partial charge is 0.0986 e. The highest BCUT2D eigenvalue weighted by Gasteiger charge is 2.38. The normalized spacial score (nSPS) is 28.1. The maximum Gasteiger partial charge on any atom is 0.00828 e. The van der Waals surface area contributed by atoms with Crippen LogP contribution in [0, 0.1) is 49.4 Å². The van der Waals surface area contributed by atoms with Crippen molar-refractivity contribution in [1.29, 1.82) is 0 Å². The molecule has 0 spiro atoms. The average molecular weight is 517 g/mol. The fourth-order valence-electron chi connectivity index (χ4n) is 8.81. The fraction of sp³-hybridized carbons (Fsp3) is 0.487. The Kier molecular flexibility index (Phi) is 7.34. The second-order valence-electron chi connectivity index (χ2n) is 13.7. The summed E-state index contributed by atoms with van der Waals surface area (Å²) in [6, 6.07) is 11.9. The van der Waals surface area contributed by atoms with Crippen LogP contribution in [0.25, 0.3) is 17.2 Å². The topological polar surface area (TPSA) is 0 Å². The van der Waals surface area contributed by atoms with Crippen LogP contribution in [0.2, 0.25) is 0 Å². The van der Waals surface area contributed by atoms with Gasteiger partial charge in [0.15, 0.2) is 0 Å². The first-order chi connectivity index (χ1) is 18.8. The van der Waals surface area contributed by atoms with Crippen LogP contribution in [0.1, 0.15) is 86.6 Å². The first kappa shape index (κ1) is 26.6. The molecular formula is C39H48. The highest BCUT2D eigenvalue weighted by Crippen LogP contribution is 2.49. The van der Waals surface area contributed by atoms with Crippen molar-refractivity contribution >= 4 is 6.08 Å². The maximum atomic E-state index is 4.57. The van der Waals surface area contributed by atoms with Crippen molar-refractivity contribution in [1.82, 2.24) is 0 Å². The summed E-state index contributed by atoms with van der Waals surface area (Å²) in [6.07, 6.45) is 19.2. The van der Waals surface area contributed by atoms with Crippen molar-refractivity contribution in [2.75, 3.05) is 0 Å². The molecule has 0 bridgehead atoms. The summed E-state index contributed by atoms with van der Waals surface area (Å²) in [5.74, 6) is 4.22. The molecule has 5 atom stereocenters. The number of allylic oxidation sites excluding steroid dienone is 5. The smallest absolute Gasteiger partial charge is 0.00828 e. The minimum absolute atomic E-state index is 0.356. The summed E-state index contributed by atoms with van der Waals surface area (Å²) < 4.78 is 0. The van der Waals surface area contributed by atoms with Crippen LogP contribution < -0.4 is 0 Å². The number of rotatable bonds is 6. The molecule has 0 heterocycles. The molecule has 4 aliphatic rings. The van der Waals surface area contributed by atoms with Crippen LogP contribution in [0.4, 0.5) is 0 Å². The third-order valence-corrected chi connectivity index (χ3v) is 10.9. The van der Waals surface area contributed by atoms with Crippen molar-refractivity contribution in [3.8, 4) is 11.1 Å². The zero-order valence-corrected chi connectivity index (χ0v) is 24.9. The fourth-order valence-corrected chi connectivity index (χ4v) is 8.81. The monoisotopic (exact) mass is 516 g/mol. The van der Waals surface area contributed by atoms with E-state index in [-0.39, 0.29) is 0 Å². The minimum Gasteiger partial charge on any atom is -0.0986 e. The molecule has 0 N–H and O–H groups in total. The molecule has 4 aliphatic carbocycles. The quantitative estimate of drug-likeness (QED) is 0.335. The van der Waals surface area contributed by atoms with Gasteiger partial charge in [0.25, 0.3) is 0 Å². The van der Waals surface area contributed by atoms with Crippen molar-refractivity contribution in [2.24, 2.45) is 35.5 Å². The van der Waals surface area contributed by atoms with Crippen molar-refractivity contribution in [3.63, 3.8) is 0 Å². The summed E-state index contributed by atoms with van der Waals surface area (Å²) in [4.78, 5) is 0. The van der Waals surface area contributed by atoms with E-state index in [2.05, 4.69) is 89.4 Å². The predicted molar refractivity (Wildman–Crippen MR) is 169 cm³/mol. The van der Waals surface area contributed by atoms with Gasteiger partial charge in [-0.15, -0.1) is 0 Å². The maximum absolute atomic E-state index is 4.57. The lowest BCUT2D eigenvalue weighted by molar-refractivity contribution is 0.227. The number of hydrogen-bond donors (Lipinski definition) is 0. The van der Waals surface area contributed by atoms with Gasteiger partial charge in [0, 0.05) is 11.8 Å². The third kappa shape index (κ3) is 5.05. The molecule has 6 rings (SSSR count). The molecule has 0 nitrogen and oxygen atoms in total. The molecule has 0 aliphatic heterocycles. The third-order valence-electron chi connectivity index (χ3n) is 10.9. The zero-order chi connectivity index (χ0) is 27.3. The molecule has 0 heteroatoms. The Labute approximate surface area is 238 Å². The number of hydrogen-bond acceptors (Lipinski definition) is 0. The molecule has 39 heavy (non-hydrogen) atoms. The summed E-state index contributed by atoms with van der Waals surface area (Å²) in [6.45, 7) is 18.3. The van der Waals surface area contributed by atoms with Crippen LogP contribution in [0.5, 0.6) is 0 Å². The van der Waals surface area contributed by atoms with Gasteiger partial charge in [-0.3, -0.25) is 0 Å². The van der Waals surface area contributed by atoms with Crippen molar-refractivity contribution in [2.45, 2.75) is 85.5 Å². The standard InChI is InChI=1S/C39H48/c1-24(2)33-17-14-26(4)36(28(33)6)21-29-20-31-11-9-13-35(38(31)22-29)39-19-25(3)18-27(5)37(39)23-32-16-15-30-10-7-8-12-34(30)32/h9,11,13-14,17-20,24,30,32-34,36H,4,6-8,10,12,15-16,21-23H2,1-3,5H3/t30?,32-,33?,34-,36?/m1/s1. The van der Waals surface area contributed by atoms with Gasteiger partial charge in [-0.1, -0.05) is 112 Å². The van der Waals surface area contributed by atoms with E-state index in [0.717, 1.165) is 30.6 Å². The van der Waals surface area contributed by atoms with Gasteiger partial charge in [0.2, 0.25) is 0 Å². The van der Waals surface area contributed by atoms with Crippen molar-refractivity contribution < 1.29 is 0 Å². The molecule has 0 saturated heterocycles. The van der Waals surface area contributed by atoms with Crippen LogP contribution in [0.3, 0.4) is 0 Å². The molecule has 0 amide bonds. The Hall–Kier alpha value is -2.60. The van der Waals surface area contributed by atoms with Gasteiger partial charge in [0.1, 0.15) is 0 Å². The van der Waals surface area contributed by atoms with E-state index >= 15 is 0 Å². The van der Waals surface area contributed by atoms with Gasteiger partial charge < -0.3 is 0 Å². The van der Waals surface area contributed by atoms with E-state index in [1.807, 2.05) is 0 Å². The van der Waals surface area contributed by atoms with E-state index in [0.29, 0.717) is 17.8 Å². The predicted octanol–water partition coefficient (Wildman–Crippen LogP) is 10.6. The molecule has 3 unspecified atom stereocenters. The van der Waals surface area contributed by atoms with Crippen LogP contribution in [0.15, 0.2) is 72.4 Å². The Balaban J connectivity index is 1.28. The lowest BCUT2D eigenvalue weighted by atomic mass is 9.72. The Morgan fingerprint density at radius 1 is 0.923 bits per heavy atom. The summed E-state index contributed by atoms with van der Waals surface area (Å²) in [7, 11) is 0. The lowest BCUT2D eigenvalue weighted by Gasteiger charge is -2.32. The number of aryl methyl sites for hydroxylation is 2. The number of benzene rings is 2. The highest BCUT2D eigenvalue weighted by molar-refractivity contribution is 5.80. The summed E-state index contributed by atoms with van der Waals surface area (Å²) in [5.41, 5.74) is 14.5. The molecule has 2 saturated carbocycles. The van der Waals surface area contributed by atoms with E-state index in [4.69, 9.17) is 0 Å². The first-order valence-corrected chi connectivity index (χ1v) is 15.8. The molecule has 0 aromatic heterocycles. The molecular weight excluding hydrogens is 468 g/mol. The second-order valence-corrected chi connectivity index (χ2v) is 13.7. The molecule has 0 radical (unpaired) electrons. The van der Waals surface area contributed by atoms with Gasteiger partial charge in [0.05, 0.1) is 0 Å². The van der Waals surface area contributed by atoms with Gasteiger partial charge in [-0.2, -0.15) is 0 Å². The second kappa shape index (κ2) is 10.8. The zero-order valence-electron chi connectivity index (χ0n) is 24.9. The van der Waals surface area contributed by atoms with Crippen LogP contribution >= 0.6 is 0 Å². The Morgan fingerprint density at radius 3 is 2.56 bits per heavy atom. The van der Waals surface area contributed by atoms with Crippen molar-refractivity contribution in [3.05, 3.63) is 100 Å². The molecule has 2 aromatic rings. The number of fused-ring (bicyclic) bond motifs is 2. The minimum atomic E-state index is 0.356. The average Bonchev–Trinajstić information content (AvgIpc) is 3.51. The van der Waals surface area contributed by atoms with Gasteiger partial charge in [-0.25, -0.2) is 0 Å². The van der Waals surface area contributed by atoms with Crippen LogP contribution in [-0.2, 0) is 12.8 Å². The van der Waals surface area contributed by atoms with E-state index in [1.165, 1.54) is 95.0 Å². The Bertz CT molecular complexity index is 1340. The SMILES string of the molecule is C=C1C=CC(C(C)C)C(=C)C1CC1=Cc2cccc(-c3cc(C)cc(C)c3C[C@H]3CCC4CCCC[C@H]43)c2C1. The summed E-state index contributed by atoms with van der Waals surface area (Å²) >= 11 is 0. The molecule has 2 aromatic carbocycles. The van der Waals surface area contributed by atoms with E-state index < -0.39 is 0 Å². The lowest BCUT2D eigenvalue weighted by Crippen LogP contribution is -2.21. The van der Waals surface area contributed by atoms with E-state index in [1.54, 1.807) is 5.56 Å². The van der Waals surface area contributed by atoms with Gasteiger partial charge >= 0.3 is 0 Å². The Morgan fingerprint density at radius 2 is 1.74 bits per heavy atom. The molecule has 2 fully saturated rings. The highest BCUT2D eigenvalue weighted by atomic mass is 14.4.